The van der Waals surface area contributed by atoms with E-state index in [1.165, 1.54) is 12.3 Å². The second kappa shape index (κ2) is 5.09. The van der Waals surface area contributed by atoms with E-state index >= 15 is 0 Å². The number of rotatable bonds is 3. The minimum Gasteiger partial charge on any atom is -0.454 e. The molecule has 2 N–H and O–H groups in total. The SMILES string of the molecule is O=[N+]([O-])C(O)=C1C=CN=C(Cc2cccnc2)N1. The Kier molecular flexibility index (Phi) is 3.33. The normalized spacial score (nSPS) is 16.8. The minimum absolute atomic E-state index is 0.0221. The highest BCUT2D eigenvalue weighted by Gasteiger charge is 2.18. The van der Waals surface area contributed by atoms with Crippen LogP contribution in [0.3, 0.4) is 0 Å². The number of aliphatic imine (C=N–C) groups is 1. The van der Waals surface area contributed by atoms with Crippen molar-refractivity contribution in [2.75, 3.05) is 0 Å². The van der Waals surface area contributed by atoms with Crippen LogP contribution >= 0.6 is 0 Å². The minimum atomic E-state index is -0.926. The van der Waals surface area contributed by atoms with Crippen molar-refractivity contribution in [2.24, 2.45) is 4.99 Å². The molecule has 2 rings (SSSR count). The molecule has 7 nitrogen and oxygen atoms in total. The van der Waals surface area contributed by atoms with E-state index in [-0.39, 0.29) is 5.70 Å². The van der Waals surface area contributed by atoms with Crippen molar-refractivity contribution in [1.29, 1.82) is 0 Å². The summed E-state index contributed by atoms with van der Waals surface area (Å²) in [5.74, 6) is -0.418. The Hall–Kier alpha value is -2.70. The largest absolute Gasteiger partial charge is 0.454 e. The van der Waals surface area contributed by atoms with Gasteiger partial charge in [-0.2, -0.15) is 0 Å². The fourth-order valence-corrected chi connectivity index (χ4v) is 1.45. The molecule has 0 saturated carbocycles. The number of aromatic nitrogens is 1. The van der Waals surface area contributed by atoms with Crippen molar-refractivity contribution < 1.29 is 10.0 Å². The van der Waals surface area contributed by atoms with Gasteiger partial charge in [0.05, 0.1) is 0 Å². The van der Waals surface area contributed by atoms with E-state index < -0.39 is 10.8 Å². The van der Waals surface area contributed by atoms with Crippen LogP contribution in [0.4, 0.5) is 0 Å². The number of nitro groups is 1. The van der Waals surface area contributed by atoms with Crippen molar-refractivity contribution in [3.63, 3.8) is 0 Å². The lowest BCUT2D eigenvalue weighted by molar-refractivity contribution is -0.460. The van der Waals surface area contributed by atoms with Crippen LogP contribution < -0.4 is 5.32 Å². The van der Waals surface area contributed by atoms with Crippen molar-refractivity contribution in [3.8, 4) is 0 Å². The highest BCUT2D eigenvalue weighted by atomic mass is 16.7. The third-order valence-electron chi connectivity index (χ3n) is 2.26. The van der Waals surface area contributed by atoms with Crippen molar-refractivity contribution in [2.45, 2.75) is 6.42 Å². The van der Waals surface area contributed by atoms with E-state index in [2.05, 4.69) is 15.3 Å². The molecule has 7 heteroatoms. The van der Waals surface area contributed by atoms with Crippen molar-refractivity contribution in [3.05, 3.63) is 64.1 Å². The summed E-state index contributed by atoms with van der Waals surface area (Å²) >= 11 is 0. The van der Waals surface area contributed by atoms with Gasteiger partial charge >= 0.3 is 5.88 Å². The first kappa shape index (κ1) is 11.8. The molecule has 1 aliphatic heterocycles. The quantitative estimate of drug-likeness (QED) is 0.473. The molecule has 1 aromatic heterocycles. The number of hydrogen-bond donors (Lipinski definition) is 2. The Morgan fingerprint density at radius 1 is 1.56 bits per heavy atom. The predicted molar refractivity (Wildman–Crippen MR) is 64.3 cm³/mol. The summed E-state index contributed by atoms with van der Waals surface area (Å²) in [6.07, 6.45) is 6.53. The van der Waals surface area contributed by atoms with E-state index in [0.29, 0.717) is 12.3 Å². The van der Waals surface area contributed by atoms with E-state index in [1.807, 2.05) is 6.07 Å². The predicted octanol–water partition coefficient (Wildman–Crippen LogP) is 1.14. The van der Waals surface area contributed by atoms with Crippen LogP contribution in [0.2, 0.25) is 0 Å². The van der Waals surface area contributed by atoms with Gasteiger partial charge in [0, 0.05) is 25.0 Å². The first-order chi connectivity index (χ1) is 8.66. The Morgan fingerprint density at radius 2 is 2.39 bits per heavy atom. The topological polar surface area (TPSA) is 101 Å². The lowest BCUT2D eigenvalue weighted by Crippen LogP contribution is -2.28. The number of allylic oxidation sites excluding steroid dienone is 1. The van der Waals surface area contributed by atoms with E-state index in [4.69, 9.17) is 0 Å². The van der Waals surface area contributed by atoms with Crippen LogP contribution in [0.5, 0.6) is 0 Å². The lowest BCUT2D eigenvalue weighted by Gasteiger charge is -2.12. The molecule has 1 aliphatic rings. The van der Waals surface area contributed by atoms with Gasteiger partial charge in [-0.25, -0.2) is 4.99 Å². The smallest absolute Gasteiger partial charge is 0.449 e. The maximum Gasteiger partial charge on any atom is 0.449 e. The third-order valence-corrected chi connectivity index (χ3v) is 2.26. The summed E-state index contributed by atoms with van der Waals surface area (Å²) in [6.45, 7) is 0. The first-order valence-corrected chi connectivity index (χ1v) is 5.13. The van der Waals surface area contributed by atoms with Crippen LogP contribution in [0, 0.1) is 10.1 Å². The van der Waals surface area contributed by atoms with Gasteiger partial charge in [-0.15, -0.1) is 0 Å². The Balaban J connectivity index is 2.14. The van der Waals surface area contributed by atoms with Crippen LogP contribution in [0.1, 0.15) is 5.56 Å². The van der Waals surface area contributed by atoms with Crippen LogP contribution in [-0.4, -0.2) is 20.8 Å². The molecule has 92 valence electrons. The standard InChI is InChI=1S/C11H10N4O3/c16-11(15(17)18)9-3-5-13-10(14-9)6-8-2-1-4-12-7-8/h1-5,7,16H,6H2,(H,13,14). The number of nitrogens with zero attached hydrogens (tertiary/aromatic N) is 3. The zero-order valence-electron chi connectivity index (χ0n) is 9.28. The molecule has 0 amide bonds. The molecular formula is C11H10N4O3. The second-order valence-corrected chi connectivity index (χ2v) is 3.55. The molecule has 0 fully saturated rings. The molecule has 0 bridgehead atoms. The Morgan fingerprint density at radius 3 is 3.06 bits per heavy atom. The van der Waals surface area contributed by atoms with Gasteiger partial charge in [0.2, 0.25) is 0 Å². The zero-order chi connectivity index (χ0) is 13.0. The molecule has 0 unspecified atom stereocenters. The van der Waals surface area contributed by atoms with E-state index in [0.717, 1.165) is 5.56 Å². The highest BCUT2D eigenvalue weighted by molar-refractivity contribution is 5.87. The van der Waals surface area contributed by atoms with Crippen LogP contribution in [0.25, 0.3) is 0 Å². The number of aliphatic hydroxyl groups is 1. The molecule has 2 heterocycles. The van der Waals surface area contributed by atoms with Gasteiger partial charge in [0.1, 0.15) is 10.8 Å². The second-order valence-electron chi connectivity index (χ2n) is 3.55. The molecule has 0 saturated heterocycles. The van der Waals surface area contributed by atoms with Gasteiger partial charge in [0.15, 0.2) is 5.70 Å². The molecule has 0 aromatic carbocycles. The number of pyridine rings is 1. The summed E-state index contributed by atoms with van der Waals surface area (Å²) in [6, 6.07) is 3.66. The zero-order valence-corrected chi connectivity index (χ0v) is 9.28. The van der Waals surface area contributed by atoms with Gasteiger partial charge in [-0.05, 0) is 17.7 Å². The van der Waals surface area contributed by atoms with Crippen LogP contribution in [-0.2, 0) is 6.42 Å². The van der Waals surface area contributed by atoms with Crippen molar-refractivity contribution in [1.82, 2.24) is 10.3 Å². The molecule has 0 atom stereocenters. The number of nitrogens with one attached hydrogen (secondary N) is 1. The van der Waals surface area contributed by atoms with E-state index in [1.54, 1.807) is 18.5 Å². The van der Waals surface area contributed by atoms with E-state index in [9.17, 15) is 15.2 Å². The summed E-state index contributed by atoms with van der Waals surface area (Å²) in [4.78, 5) is 17.6. The van der Waals surface area contributed by atoms with Gasteiger partial charge in [-0.3, -0.25) is 15.1 Å². The highest BCUT2D eigenvalue weighted by Crippen LogP contribution is 2.08. The van der Waals surface area contributed by atoms with Crippen molar-refractivity contribution >= 4 is 5.84 Å². The van der Waals surface area contributed by atoms with Gasteiger partial charge in [-0.1, -0.05) is 6.07 Å². The summed E-state index contributed by atoms with van der Waals surface area (Å²) < 4.78 is 0. The van der Waals surface area contributed by atoms with Gasteiger partial charge in [0.25, 0.3) is 0 Å². The lowest BCUT2D eigenvalue weighted by atomic mass is 10.2. The molecule has 0 spiro atoms. The third kappa shape index (κ3) is 2.70. The molecule has 0 aliphatic carbocycles. The summed E-state index contributed by atoms with van der Waals surface area (Å²) in [7, 11) is 0. The number of amidine groups is 1. The summed E-state index contributed by atoms with van der Waals surface area (Å²) in [5.41, 5.74) is 0.938. The van der Waals surface area contributed by atoms with Crippen LogP contribution in [0.15, 0.2) is 53.4 Å². The average molecular weight is 246 g/mol. The maximum absolute atomic E-state index is 10.4. The molecule has 0 radical (unpaired) electrons. The Bertz CT molecular complexity index is 549. The summed E-state index contributed by atoms with van der Waals surface area (Å²) in [5, 5.41) is 22.4. The molecular weight excluding hydrogens is 236 g/mol. The fourth-order valence-electron chi connectivity index (χ4n) is 1.45. The number of hydrogen-bond acceptors (Lipinski definition) is 6. The van der Waals surface area contributed by atoms with Gasteiger partial charge < -0.3 is 10.4 Å². The molecule has 1 aromatic rings. The first-order valence-electron chi connectivity index (χ1n) is 5.13. The number of aliphatic hydroxyl groups excluding tert-OH is 1. The maximum atomic E-state index is 10.4. The fraction of sp³-hybridized carbons (Fsp3) is 0.0909. The Labute approximate surface area is 102 Å². The molecule has 18 heavy (non-hydrogen) atoms. The monoisotopic (exact) mass is 246 g/mol. The average Bonchev–Trinajstić information content (AvgIpc) is 2.39.